The Morgan fingerprint density at radius 1 is 1.00 bits per heavy atom. The largest absolute Gasteiger partial charge is 0.490 e. The van der Waals surface area contributed by atoms with Crippen molar-refractivity contribution in [2.75, 3.05) is 5.32 Å². The van der Waals surface area contributed by atoms with Crippen molar-refractivity contribution in [1.29, 1.82) is 0 Å². The molecule has 38 heavy (non-hydrogen) atoms. The zero-order valence-corrected chi connectivity index (χ0v) is 22.3. The van der Waals surface area contributed by atoms with Crippen LogP contribution in [0.15, 0.2) is 59.7 Å². The monoisotopic (exact) mass is 554 g/mol. The molecule has 2 heterocycles. The summed E-state index contributed by atoms with van der Waals surface area (Å²) in [4.78, 5) is 27.5. The van der Waals surface area contributed by atoms with Crippen LogP contribution >= 0.6 is 23.2 Å². The molecule has 2 fully saturated rings. The molecule has 198 valence electrons. The summed E-state index contributed by atoms with van der Waals surface area (Å²) in [5.74, 6) is -1.03. The molecule has 2 amide bonds. The molecule has 6 rings (SSSR count). The summed E-state index contributed by atoms with van der Waals surface area (Å²) in [6, 6.07) is 8.86. The van der Waals surface area contributed by atoms with Crippen molar-refractivity contribution in [1.82, 2.24) is 5.32 Å². The number of benzene rings is 2. The van der Waals surface area contributed by atoms with Gasteiger partial charge < -0.3 is 15.4 Å². The Morgan fingerprint density at radius 2 is 1.82 bits per heavy atom. The SMILES string of the molecule is O=C1C[C@@H](C2C=CC=C(Cl)C2)[C@]2(C(=O)Nc3cc(Cl)ccc32)[C@@H](c2cc(F)ccc2OC2CCCCC2)N1. The van der Waals surface area contributed by atoms with Gasteiger partial charge in [0, 0.05) is 27.7 Å². The van der Waals surface area contributed by atoms with Crippen molar-refractivity contribution in [2.24, 2.45) is 11.8 Å². The van der Waals surface area contributed by atoms with E-state index in [0.29, 0.717) is 33.5 Å². The number of fused-ring (bicyclic) bond motifs is 2. The van der Waals surface area contributed by atoms with E-state index in [1.54, 1.807) is 18.2 Å². The Hall–Kier alpha value is -2.83. The van der Waals surface area contributed by atoms with Gasteiger partial charge in [-0.2, -0.15) is 0 Å². The summed E-state index contributed by atoms with van der Waals surface area (Å²) in [5.41, 5.74) is 0.568. The lowest BCUT2D eigenvalue weighted by Crippen LogP contribution is -2.59. The number of amides is 2. The first kappa shape index (κ1) is 25.4. The van der Waals surface area contributed by atoms with Crippen molar-refractivity contribution in [3.8, 4) is 5.75 Å². The predicted molar refractivity (Wildman–Crippen MR) is 146 cm³/mol. The molecule has 4 atom stereocenters. The van der Waals surface area contributed by atoms with E-state index in [0.717, 1.165) is 31.2 Å². The molecule has 2 aromatic carbocycles. The first-order chi connectivity index (χ1) is 18.4. The van der Waals surface area contributed by atoms with Crippen LogP contribution < -0.4 is 15.4 Å². The van der Waals surface area contributed by atoms with Gasteiger partial charge in [-0.1, -0.05) is 47.8 Å². The third-order valence-electron chi connectivity index (χ3n) is 8.51. The average Bonchev–Trinajstić information content (AvgIpc) is 3.18. The van der Waals surface area contributed by atoms with Crippen LogP contribution in [0, 0.1) is 17.7 Å². The summed E-state index contributed by atoms with van der Waals surface area (Å²) in [7, 11) is 0. The molecule has 0 bridgehead atoms. The summed E-state index contributed by atoms with van der Waals surface area (Å²) in [6.07, 6.45) is 11.5. The van der Waals surface area contributed by atoms with E-state index < -0.39 is 23.2 Å². The average molecular weight is 555 g/mol. The van der Waals surface area contributed by atoms with Gasteiger partial charge in [-0.3, -0.25) is 9.59 Å². The van der Waals surface area contributed by atoms with Crippen LogP contribution in [0.1, 0.15) is 62.1 Å². The van der Waals surface area contributed by atoms with E-state index in [9.17, 15) is 14.0 Å². The lowest BCUT2D eigenvalue weighted by atomic mass is 9.57. The Morgan fingerprint density at radius 3 is 2.61 bits per heavy atom. The maximum absolute atomic E-state index is 14.9. The quantitative estimate of drug-likeness (QED) is 0.429. The number of anilines is 1. The second kappa shape index (κ2) is 10.0. The Bertz CT molecular complexity index is 1350. The predicted octanol–water partition coefficient (Wildman–Crippen LogP) is 6.96. The second-order valence-corrected chi connectivity index (χ2v) is 11.7. The first-order valence-electron chi connectivity index (χ1n) is 13.3. The van der Waals surface area contributed by atoms with Gasteiger partial charge in [-0.05, 0) is 85.9 Å². The van der Waals surface area contributed by atoms with Crippen LogP contribution in [0.25, 0.3) is 0 Å². The molecule has 8 heteroatoms. The van der Waals surface area contributed by atoms with E-state index >= 15 is 0 Å². The van der Waals surface area contributed by atoms with Crippen LogP contribution in [-0.4, -0.2) is 17.9 Å². The van der Waals surface area contributed by atoms with Crippen molar-refractivity contribution >= 4 is 40.7 Å². The number of hydrogen-bond acceptors (Lipinski definition) is 3. The second-order valence-electron chi connectivity index (χ2n) is 10.8. The van der Waals surface area contributed by atoms with Crippen LogP contribution in [0.4, 0.5) is 10.1 Å². The lowest BCUT2D eigenvalue weighted by Gasteiger charge is -2.49. The number of hydrogen-bond donors (Lipinski definition) is 2. The third kappa shape index (κ3) is 4.32. The maximum atomic E-state index is 14.9. The number of carbonyl (C=O) groups is 2. The molecule has 0 aromatic heterocycles. The van der Waals surface area contributed by atoms with Gasteiger partial charge in [-0.15, -0.1) is 0 Å². The van der Waals surface area contributed by atoms with Gasteiger partial charge in [0.1, 0.15) is 17.0 Å². The molecule has 1 saturated carbocycles. The first-order valence-corrected chi connectivity index (χ1v) is 14.0. The topological polar surface area (TPSA) is 67.4 Å². The highest BCUT2D eigenvalue weighted by molar-refractivity contribution is 6.31. The Balaban J connectivity index is 1.54. The smallest absolute Gasteiger partial charge is 0.237 e. The van der Waals surface area contributed by atoms with E-state index in [1.807, 2.05) is 24.3 Å². The van der Waals surface area contributed by atoms with Gasteiger partial charge >= 0.3 is 0 Å². The van der Waals surface area contributed by atoms with E-state index in [-0.39, 0.29) is 30.3 Å². The van der Waals surface area contributed by atoms with Crippen molar-refractivity contribution in [3.05, 3.63) is 81.6 Å². The number of rotatable bonds is 4. The van der Waals surface area contributed by atoms with Crippen LogP contribution in [0.2, 0.25) is 5.02 Å². The highest BCUT2D eigenvalue weighted by Crippen LogP contribution is 2.58. The third-order valence-corrected chi connectivity index (χ3v) is 9.03. The minimum atomic E-state index is -1.23. The minimum absolute atomic E-state index is 0.00715. The molecule has 2 N–H and O–H groups in total. The maximum Gasteiger partial charge on any atom is 0.237 e. The number of halogens is 3. The zero-order valence-electron chi connectivity index (χ0n) is 20.8. The van der Waals surface area contributed by atoms with Crippen LogP contribution in [0.5, 0.6) is 5.75 Å². The molecule has 2 aliphatic heterocycles. The fourth-order valence-electron chi connectivity index (χ4n) is 6.86. The summed E-state index contributed by atoms with van der Waals surface area (Å²) >= 11 is 12.8. The van der Waals surface area contributed by atoms with E-state index in [1.165, 1.54) is 18.6 Å². The number of allylic oxidation sites excluding steroid dienone is 4. The summed E-state index contributed by atoms with van der Waals surface area (Å²) in [6.45, 7) is 0. The molecular weight excluding hydrogens is 526 g/mol. The number of nitrogens with one attached hydrogen (secondary N) is 2. The van der Waals surface area contributed by atoms with Crippen molar-refractivity contribution in [2.45, 2.75) is 62.5 Å². The van der Waals surface area contributed by atoms with Crippen LogP contribution in [0.3, 0.4) is 0 Å². The van der Waals surface area contributed by atoms with Gasteiger partial charge in [0.15, 0.2) is 0 Å². The highest BCUT2D eigenvalue weighted by atomic mass is 35.5. The normalized spacial score (nSPS) is 29.0. The van der Waals surface area contributed by atoms with E-state index in [2.05, 4.69) is 10.6 Å². The van der Waals surface area contributed by atoms with Crippen molar-refractivity contribution in [3.63, 3.8) is 0 Å². The Kier molecular flexibility index (Phi) is 6.73. The van der Waals surface area contributed by atoms with Gasteiger partial charge in [-0.25, -0.2) is 4.39 Å². The van der Waals surface area contributed by atoms with Gasteiger partial charge in [0.05, 0.1) is 12.1 Å². The van der Waals surface area contributed by atoms with E-state index in [4.69, 9.17) is 27.9 Å². The standard InChI is InChI=1S/C30H29Cl2FN2O3/c31-18-6-4-5-17(13-18)24-16-27(36)35-28(30(24)23-11-9-19(32)14-25(23)34-29(30)37)22-15-20(33)10-12-26(22)38-21-7-2-1-3-8-21/h4-6,9-12,14-15,17,21,24,28H,1-3,7-8,13,16H2,(H,34,37)(H,35,36)/t17?,24-,28+,30-/m0/s1. The number of carbonyl (C=O) groups excluding carboxylic acids is 2. The molecule has 0 radical (unpaired) electrons. The van der Waals surface area contributed by atoms with Gasteiger partial charge in [0.25, 0.3) is 0 Å². The lowest BCUT2D eigenvalue weighted by molar-refractivity contribution is -0.135. The van der Waals surface area contributed by atoms with Gasteiger partial charge in [0.2, 0.25) is 11.8 Å². The molecule has 1 saturated heterocycles. The highest BCUT2D eigenvalue weighted by Gasteiger charge is 2.62. The fourth-order valence-corrected chi connectivity index (χ4v) is 7.28. The molecule has 2 aromatic rings. The number of ether oxygens (including phenoxy) is 1. The molecule has 1 spiro atoms. The van der Waals surface area contributed by atoms with Crippen molar-refractivity contribution < 1.29 is 18.7 Å². The van der Waals surface area contributed by atoms with Crippen LogP contribution in [-0.2, 0) is 15.0 Å². The Labute approximate surface area is 231 Å². The zero-order chi connectivity index (χ0) is 26.4. The molecule has 4 aliphatic rings. The molecule has 1 unspecified atom stereocenters. The molecule has 5 nitrogen and oxygen atoms in total. The minimum Gasteiger partial charge on any atom is -0.490 e. The summed E-state index contributed by atoms with van der Waals surface area (Å²) < 4.78 is 21.3. The molecular formula is C30H29Cl2FN2O3. The summed E-state index contributed by atoms with van der Waals surface area (Å²) in [5, 5.41) is 7.27. The fraction of sp³-hybridized carbons (Fsp3) is 0.400. The number of piperidine rings is 1. The molecule has 2 aliphatic carbocycles.